The van der Waals surface area contributed by atoms with Gasteiger partial charge >= 0.3 is 5.97 Å². The normalized spacial score (nSPS) is 41.8. The van der Waals surface area contributed by atoms with Crippen LogP contribution < -0.4 is 0 Å². The van der Waals surface area contributed by atoms with E-state index < -0.39 is 0 Å². The molecule has 168 valence electrons. The zero-order valence-corrected chi connectivity index (χ0v) is 18.8. The standard InChI is InChI=1S/C26H35NO4/c1-25-14-13-21-19(8-11-23(29)27-18(16-28)12-15-26(21,27)2)20(25)9-10-22(25)31-24(30)17-6-4-3-5-7-17/h3-7,18-22,28H,8-16H2,1-2H3/t18-,19-,20-,21-,22-,25-,26+/m0/s1. The number of carbonyl (C=O) groups is 2. The number of aliphatic hydroxyl groups is 1. The molecule has 4 aliphatic rings. The summed E-state index contributed by atoms with van der Waals surface area (Å²) in [5.74, 6) is 1.44. The summed E-state index contributed by atoms with van der Waals surface area (Å²) in [5.41, 5.74) is 0.452. The minimum Gasteiger partial charge on any atom is -0.458 e. The number of benzene rings is 1. The molecule has 0 unspecified atom stereocenters. The first-order valence-corrected chi connectivity index (χ1v) is 12.1. The SMILES string of the molecule is C[C@]12CC[C@H]3[C@@H](CCC(=O)N4[C@H](CO)CC[C@]34C)[C@@H]1CC[C@@H]2OC(=O)c1ccccc1. The number of hydrogen-bond donors (Lipinski definition) is 1. The van der Waals surface area contributed by atoms with Crippen LogP contribution in [-0.2, 0) is 9.53 Å². The van der Waals surface area contributed by atoms with Gasteiger partial charge in [0.1, 0.15) is 6.10 Å². The highest BCUT2D eigenvalue weighted by Crippen LogP contribution is 2.62. The van der Waals surface area contributed by atoms with E-state index in [1.54, 1.807) is 0 Å². The molecular formula is C26H35NO4. The average Bonchev–Trinajstić information content (AvgIpc) is 3.26. The Hall–Kier alpha value is -1.88. The van der Waals surface area contributed by atoms with Crippen molar-refractivity contribution in [2.45, 2.75) is 82.9 Å². The van der Waals surface area contributed by atoms with Gasteiger partial charge in [-0.05, 0) is 81.8 Å². The molecule has 2 saturated heterocycles. The summed E-state index contributed by atoms with van der Waals surface area (Å²) in [4.78, 5) is 27.9. The van der Waals surface area contributed by atoms with Gasteiger partial charge in [-0.1, -0.05) is 25.1 Å². The van der Waals surface area contributed by atoms with E-state index in [0.717, 1.165) is 44.9 Å². The second kappa shape index (κ2) is 7.61. The third-order valence-corrected chi connectivity index (χ3v) is 9.48. The molecule has 1 aromatic carbocycles. The molecule has 5 heteroatoms. The molecular weight excluding hydrogens is 390 g/mol. The maximum Gasteiger partial charge on any atom is 0.338 e. The molecule has 0 bridgehead atoms. The number of carbonyl (C=O) groups excluding carboxylic acids is 2. The molecule has 7 atom stereocenters. The van der Waals surface area contributed by atoms with Crippen molar-refractivity contribution in [1.82, 2.24) is 4.90 Å². The van der Waals surface area contributed by atoms with Crippen molar-refractivity contribution in [3.8, 4) is 0 Å². The Morgan fingerprint density at radius 2 is 1.84 bits per heavy atom. The first kappa shape index (κ1) is 21.0. The van der Waals surface area contributed by atoms with E-state index in [0.29, 0.717) is 29.7 Å². The number of nitrogens with zero attached hydrogens (tertiary/aromatic N) is 1. The topological polar surface area (TPSA) is 66.8 Å². The van der Waals surface area contributed by atoms with E-state index >= 15 is 0 Å². The number of fused-ring (bicyclic) bond motifs is 5. The minimum absolute atomic E-state index is 0.0187. The largest absolute Gasteiger partial charge is 0.458 e. The van der Waals surface area contributed by atoms with Gasteiger partial charge in [0.05, 0.1) is 18.2 Å². The number of ether oxygens (including phenoxy) is 1. The average molecular weight is 426 g/mol. The Labute approximate surface area is 185 Å². The molecule has 5 nitrogen and oxygen atoms in total. The van der Waals surface area contributed by atoms with Gasteiger partial charge in [0, 0.05) is 17.4 Å². The fraction of sp³-hybridized carbons (Fsp3) is 0.692. The van der Waals surface area contributed by atoms with Crippen molar-refractivity contribution in [1.29, 1.82) is 0 Å². The lowest BCUT2D eigenvalue weighted by atomic mass is 9.55. The van der Waals surface area contributed by atoms with Crippen molar-refractivity contribution in [2.75, 3.05) is 6.61 Å². The molecule has 2 heterocycles. The van der Waals surface area contributed by atoms with Crippen LogP contribution in [0.25, 0.3) is 0 Å². The predicted molar refractivity (Wildman–Crippen MR) is 117 cm³/mol. The first-order chi connectivity index (χ1) is 14.9. The van der Waals surface area contributed by atoms with E-state index in [1.807, 2.05) is 30.3 Å². The third-order valence-electron chi connectivity index (χ3n) is 9.48. The number of aliphatic hydroxyl groups excluding tert-OH is 1. The summed E-state index contributed by atoms with van der Waals surface area (Å²) >= 11 is 0. The molecule has 1 N–H and O–H groups in total. The molecule has 1 amide bonds. The third kappa shape index (κ3) is 3.14. The second-order valence-electron chi connectivity index (χ2n) is 10.8. The lowest BCUT2D eigenvalue weighted by Crippen LogP contribution is -2.56. The lowest BCUT2D eigenvalue weighted by molar-refractivity contribution is -0.140. The van der Waals surface area contributed by atoms with Crippen LogP contribution in [0.15, 0.2) is 30.3 Å². The highest BCUT2D eigenvalue weighted by molar-refractivity contribution is 5.89. The number of esters is 1. The zero-order chi connectivity index (χ0) is 21.8. The summed E-state index contributed by atoms with van der Waals surface area (Å²) in [7, 11) is 0. The molecule has 2 saturated carbocycles. The van der Waals surface area contributed by atoms with E-state index in [2.05, 4.69) is 18.7 Å². The molecule has 0 radical (unpaired) electrons. The maximum atomic E-state index is 13.1. The summed E-state index contributed by atoms with van der Waals surface area (Å²) < 4.78 is 6.10. The van der Waals surface area contributed by atoms with Gasteiger partial charge in [-0.3, -0.25) is 4.79 Å². The van der Waals surface area contributed by atoms with Gasteiger partial charge < -0.3 is 14.7 Å². The smallest absolute Gasteiger partial charge is 0.338 e. The predicted octanol–water partition coefficient (Wildman–Crippen LogP) is 4.19. The first-order valence-electron chi connectivity index (χ1n) is 12.1. The molecule has 1 aromatic rings. The van der Waals surface area contributed by atoms with Crippen LogP contribution in [0, 0.1) is 23.2 Å². The molecule has 0 aromatic heterocycles. The summed E-state index contributed by atoms with van der Waals surface area (Å²) in [6.45, 7) is 4.66. The number of hydrogen-bond acceptors (Lipinski definition) is 4. The lowest BCUT2D eigenvalue weighted by Gasteiger charge is -2.53. The van der Waals surface area contributed by atoms with E-state index in [9.17, 15) is 14.7 Å². The van der Waals surface area contributed by atoms with Crippen LogP contribution in [0.4, 0.5) is 0 Å². The van der Waals surface area contributed by atoms with Gasteiger partial charge in [-0.15, -0.1) is 0 Å². The second-order valence-corrected chi connectivity index (χ2v) is 10.8. The van der Waals surface area contributed by atoms with Gasteiger partial charge in [0.15, 0.2) is 0 Å². The van der Waals surface area contributed by atoms with Crippen molar-refractivity contribution in [3.05, 3.63) is 35.9 Å². The highest BCUT2D eigenvalue weighted by atomic mass is 16.5. The Morgan fingerprint density at radius 3 is 2.58 bits per heavy atom. The fourth-order valence-electron chi connectivity index (χ4n) is 7.94. The summed E-state index contributed by atoms with van der Waals surface area (Å²) in [6, 6.07) is 9.27. The Morgan fingerprint density at radius 1 is 1.06 bits per heavy atom. The quantitative estimate of drug-likeness (QED) is 0.738. The minimum atomic E-state index is -0.217. The molecule has 0 spiro atoms. The molecule has 4 fully saturated rings. The fourth-order valence-corrected chi connectivity index (χ4v) is 7.94. The summed E-state index contributed by atoms with van der Waals surface area (Å²) in [6.07, 6.45) is 7.42. The van der Waals surface area contributed by atoms with E-state index in [4.69, 9.17) is 4.74 Å². The molecule has 2 aliphatic heterocycles. The van der Waals surface area contributed by atoms with Crippen molar-refractivity contribution in [2.24, 2.45) is 23.2 Å². The molecule has 5 rings (SSSR count). The van der Waals surface area contributed by atoms with Crippen LogP contribution in [-0.4, -0.2) is 46.2 Å². The number of rotatable bonds is 3. The van der Waals surface area contributed by atoms with Gasteiger partial charge in [-0.25, -0.2) is 4.79 Å². The molecule has 31 heavy (non-hydrogen) atoms. The zero-order valence-electron chi connectivity index (χ0n) is 18.8. The van der Waals surface area contributed by atoms with E-state index in [1.165, 1.54) is 0 Å². The highest BCUT2D eigenvalue weighted by Gasteiger charge is 2.62. The Balaban J connectivity index is 1.39. The van der Waals surface area contributed by atoms with Gasteiger partial charge in [0.25, 0.3) is 0 Å². The van der Waals surface area contributed by atoms with Gasteiger partial charge in [-0.2, -0.15) is 0 Å². The van der Waals surface area contributed by atoms with Crippen molar-refractivity contribution in [3.63, 3.8) is 0 Å². The Bertz CT molecular complexity index is 856. The van der Waals surface area contributed by atoms with Crippen LogP contribution in [0.3, 0.4) is 0 Å². The van der Waals surface area contributed by atoms with Crippen LogP contribution in [0.1, 0.15) is 75.6 Å². The monoisotopic (exact) mass is 425 g/mol. The van der Waals surface area contributed by atoms with Crippen LogP contribution >= 0.6 is 0 Å². The maximum absolute atomic E-state index is 13.1. The summed E-state index contributed by atoms with van der Waals surface area (Å²) in [5, 5.41) is 9.89. The Kier molecular flexibility index (Phi) is 5.16. The van der Waals surface area contributed by atoms with Crippen molar-refractivity contribution < 1.29 is 19.4 Å². The van der Waals surface area contributed by atoms with Gasteiger partial charge in [0.2, 0.25) is 5.91 Å². The van der Waals surface area contributed by atoms with Crippen LogP contribution in [0.5, 0.6) is 0 Å². The van der Waals surface area contributed by atoms with E-state index in [-0.39, 0.29) is 41.6 Å². The van der Waals surface area contributed by atoms with Crippen molar-refractivity contribution >= 4 is 11.9 Å². The number of amides is 1. The van der Waals surface area contributed by atoms with Crippen LogP contribution in [0.2, 0.25) is 0 Å². The molecule has 2 aliphatic carbocycles.